The average Bonchev–Trinajstić information content (AvgIpc) is 2.61. The second-order valence-electron chi connectivity index (χ2n) is 7.58. The van der Waals surface area contributed by atoms with Crippen molar-refractivity contribution in [2.45, 2.75) is 78.6 Å². The van der Waals surface area contributed by atoms with E-state index in [4.69, 9.17) is 9.84 Å². The third-order valence-corrected chi connectivity index (χ3v) is 4.18. The minimum Gasteiger partial charge on any atom is -0.481 e. The van der Waals surface area contributed by atoms with Crippen molar-refractivity contribution in [1.29, 1.82) is 0 Å². The first-order valence-corrected chi connectivity index (χ1v) is 8.14. The highest BCUT2D eigenvalue weighted by Crippen LogP contribution is 2.41. The molecule has 0 aromatic rings. The fourth-order valence-electron chi connectivity index (χ4n) is 2.97. The van der Waals surface area contributed by atoms with Crippen molar-refractivity contribution in [3.63, 3.8) is 0 Å². The summed E-state index contributed by atoms with van der Waals surface area (Å²) in [5, 5.41) is 8.81. The molecule has 1 fully saturated rings. The van der Waals surface area contributed by atoms with Crippen LogP contribution in [0.25, 0.3) is 0 Å². The standard InChI is InChI=1S/C17H30O4/c1-16(2,3)13-21-15(20)17(12-8-9-14(18)19)10-6-4-5-7-11-17/h4-13H2,1-3H3,(H,18,19). The zero-order valence-corrected chi connectivity index (χ0v) is 13.7. The van der Waals surface area contributed by atoms with Crippen LogP contribution >= 0.6 is 0 Å². The Balaban J connectivity index is 2.69. The van der Waals surface area contributed by atoms with E-state index in [-0.39, 0.29) is 17.8 Å². The first kappa shape index (κ1) is 18.0. The van der Waals surface area contributed by atoms with E-state index < -0.39 is 11.4 Å². The summed E-state index contributed by atoms with van der Waals surface area (Å²) in [5.41, 5.74) is -0.486. The van der Waals surface area contributed by atoms with Crippen LogP contribution in [0.1, 0.15) is 78.6 Å². The predicted molar refractivity (Wildman–Crippen MR) is 82.0 cm³/mol. The molecule has 1 aliphatic rings. The Bertz CT molecular complexity index is 346. The summed E-state index contributed by atoms with van der Waals surface area (Å²) in [6, 6.07) is 0. The molecule has 0 unspecified atom stereocenters. The Labute approximate surface area is 128 Å². The van der Waals surface area contributed by atoms with E-state index in [0.717, 1.165) is 38.5 Å². The number of rotatable bonds is 6. The van der Waals surface area contributed by atoms with Crippen LogP contribution in [0.2, 0.25) is 0 Å². The van der Waals surface area contributed by atoms with E-state index in [1.807, 2.05) is 20.8 Å². The summed E-state index contributed by atoms with van der Waals surface area (Å²) in [6.45, 7) is 6.56. The molecule has 4 nitrogen and oxygen atoms in total. The number of carboxylic acid groups (broad SMARTS) is 1. The maximum atomic E-state index is 12.6. The Kier molecular flexibility index (Phi) is 6.69. The summed E-state index contributed by atoms with van der Waals surface area (Å²) in [6.07, 6.45) is 7.41. The van der Waals surface area contributed by atoms with E-state index in [2.05, 4.69) is 0 Å². The Morgan fingerprint density at radius 2 is 1.67 bits per heavy atom. The lowest BCUT2D eigenvalue weighted by molar-refractivity contribution is -0.160. The van der Waals surface area contributed by atoms with Crippen LogP contribution in [0, 0.1) is 10.8 Å². The molecule has 0 aliphatic heterocycles. The highest BCUT2D eigenvalue weighted by atomic mass is 16.5. The smallest absolute Gasteiger partial charge is 0.312 e. The van der Waals surface area contributed by atoms with Gasteiger partial charge in [0.25, 0.3) is 0 Å². The molecule has 1 rings (SSSR count). The van der Waals surface area contributed by atoms with Gasteiger partial charge in [-0.2, -0.15) is 0 Å². The quantitative estimate of drug-likeness (QED) is 0.590. The SMILES string of the molecule is CC(C)(C)COC(=O)C1(CCCC(=O)O)CCCCCC1. The molecule has 4 heteroatoms. The van der Waals surface area contributed by atoms with E-state index in [0.29, 0.717) is 19.4 Å². The third kappa shape index (κ3) is 6.49. The lowest BCUT2D eigenvalue weighted by atomic mass is 9.76. The van der Waals surface area contributed by atoms with Gasteiger partial charge in [0.1, 0.15) is 0 Å². The Morgan fingerprint density at radius 3 is 2.14 bits per heavy atom. The normalized spacial score (nSPS) is 18.8. The fourth-order valence-corrected chi connectivity index (χ4v) is 2.97. The molecule has 0 bridgehead atoms. The molecule has 0 radical (unpaired) electrons. The molecule has 0 aromatic carbocycles. The zero-order chi connectivity index (χ0) is 15.9. The highest BCUT2D eigenvalue weighted by Gasteiger charge is 2.40. The summed E-state index contributed by atoms with van der Waals surface area (Å²) in [5.74, 6) is -0.897. The monoisotopic (exact) mass is 298 g/mol. The van der Waals surface area contributed by atoms with Crippen LogP contribution in [0.15, 0.2) is 0 Å². The van der Waals surface area contributed by atoms with Crippen molar-refractivity contribution in [2.75, 3.05) is 6.61 Å². The lowest BCUT2D eigenvalue weighted by Crippen LogP contribution is -2.34. The molecule has 0 spiro atoms. The van der Waals surface area contributed by atoms with Gasteiger partial charge >= 0.3 is 11.9 Å². The molecular weight excluding hydrogens is 268 g/mol. The topological polar surface area (TPSA) is 63.6 Å². The van der Waals surface area contributed by atoms with Crippen molar-refractivity contribution in [3.8, 4) is 0 Å². The molecule has 122 valence electrons. The number of hydrogen-bond acceptors (Lipinski definition) is 3. The van der Waals surface area contributed by atoms with Gasteiger partial charge in [0.2, 0.25) is 0 Å². The summed E-state index contributed by atoms with van der Waals surface area (Å²) in [4.78, 5) is 23.3. The number of carboxylic acids is 1. The fraction of sp³-hybridized carbons (Fsp3) is 0.882. The molecule has 1 aliphatic carbocycles. The maximum Gasteiger partial charge on any atom is 0.312 e. The number of esters is 1. The second kappa shape index (κ2) is 7.81. The van der Waals surface area contributed by atoms with Gasteiger partial charge in [0.15, 0.2) is 0 Å². The van der Waals surface area contributed by atoms with E-state index >= 15 is 0 Å². The first-order valence-electron chi connectivity index (χ1n) is 8.14. The van der Waals surface area contributed by atoms with Crippen molar-refractivity contribution in [1.82, 2.24) is 0 Å². The minimum absolute atomic E-state index is 0.0390. The van der Waals surface area contributed by atoms with Crippen LogP contribution < -0.4 is 0 Å². The number of aliphatic carboxylic acids is 1. The van der Waals surface area contributed by atoms with Crippen molar-refractivity contribution < 1.29 is 19.4 Å². The third-order valence-electron chi connectivity index (χ3n) is 4.18. The number of carbonyl (C=O) groups is 2. The zero-order valence-electron chi connectivity index (χ0n) is 13.7. The van der Waals surface area contributed by atoms with Gasteiger partial charge in [-0.25, -0.2) is 0 Å². The van der Waals surface area contributed by atoms with Gasteiger partial charge in [-0.1, -0.05) is 46.5 Å². The van der Waals surface area contributed by atoms with E-state index in [1.54, 1.807) is 0 Å². The summed E-state index contributed by atoms with van der Waals surface area (Å²) < 4.78 is 5.58. The number of hydrogen-bond donors (Lipinski definition) is 1. The molecule has 0 aromatic heterocycles. The highest BCUT2D eigenvalue weighted by molar-refractivity contribution is 5.77. The Hall–Kier alpha value is -1.06. The molecule has 0 amide bonds. The van der Waals surface area contributed by atoms with Crippen molar-refractivity contribution in [2.24, 2.45) is 10.8 Å². The molecule has 0 atom stereocenters. The molecule has 1 N–H and O–H groups in total. The largest absolute Gasteiger partial charge is 0.481 e. The van der Waals surface area contributed by atoms with Gasteiger partial charge in [-0.3, -0.25) is 9.59 Å². The second-order valence-corrected chi connectivity index (χ2v) is 7.58. The average molecular weight is 298 g/mol. The molecule has 0 heterocycles. The first-order chi connectivity index (χ1) is 9.75. The molecular formula is C17H30O4. The van der Waals surface area contributed by atoms with Crippen molar-refractivity contribution >= 4 is 11.9 Å². The molecule has 21 heavy (non-hydrogen) atoms. The van der Waals surface area contributed by atoms with Gasteiger partial charge in [-0.05, 0) is 31.1 Å². The summed E-state index contributed by atoms with van der Waals surface area (Å²) >= 11 is 0. The molecule has 1 saturated carbocycles. The molecule has 0 saturated heterocycles. The van der Waals surface area contributed by atoms with Crippen LogP contribution in [0.3, 0.4) is 0 Å². The Morgan fingerprint density at radius 1 is 1.10 bits per heavy atom. The maximum absolute atomic E-state index is 12.6. The van der Waals surface area contributed by atoms with Crippen LogP contribution in [0.5, 0.6) is 0 Å². The summed E-state index contributed by atoms with van der Waals surface area (Å²) in [7, 11) is 0. The lowest BCUT2D eigenvalue weighted by Gasteiger charge is -2.31. The van der Waals surface area contributed by atoms with E-state index in [1.165, 1.54) is 0 Å². The van der Waals surface area contributed by atoms with Gasteiger partial charge in [0, 0.05) is 6.42 Å². The number of carbonyl (C=O) groups excluding carboxylic acids is 1. The predicted octanol–water partition coefficient (Wildman–Crippen LogP) is 4.17. The van der Waals surface area contributed by atoms with Gasteiger partial charge in [0.05, 0.1) is 12.0 Å². The van der Waals surface area contributed by atoms with Gasteiger partial charge < -0.3 is 9.84 Å². The van der Waals surface area contributed by atoms with Crippen LogP contribution in [-0.4, -0.2) is 23.7 Å². The van der Waals surface area contributed by atoms with Crippen LogP contribution in [0.4, 0.5) is 0 Å². The minimum atomic E-state index is -0.790. The van der Waals surface area contributed by atoms with Crippen molar-refractivity contribution in [3.05, 3.63) is 0 Å². The van der Waals surface area contributed by atoms with Crippen LogP contribution in [-0.2, 0) is 14.3 Å². The number of ether oxygens (including phenoxy) is 1. The van der Waals surface area contributed by atoms with E-state index in [9.17, 15) is 9.59 Å². The van der Waals surface area contributed by atoms with Gasteiger partial charge in [-0.15, -0.1) is 0 Å².